The molecule has 0 spiro atoms. The van der Waals surface area contributed by atoms with Crippen molar-refractivity contribution in [3.63, 3.8) is 0 Å². The molecule has 1 aromatic rings. The van der Waals surface area contributed by atoms with Crippen LogP contribution in [0, 0.1) is 0 Å². The van der Waals surface area contributed by atoms with Gasteiger partial charge in [-0.3, -0.25) is 14.4 Å². The van der Waals surface area contributed by atoms with Gasteiger partial charge in [0.1, 0.15) is 0 Å². The summed E-state index contributed by atoms with van der Waals surface area (Å²) in [4.78, 5) is 38.2. The Morgan fingerprint density at radius 3 is 2.86 bits per heavy atom. The Balaban J connectivity index is 2.15. The summed E-state index contributed by atoms with van der Waals surface area (Å²) in [6.07, 6.45) is 1.79. The van der Waals surface area contributed by atoms with Crippen molar-refractivity contribution in [3.05, 3.63) is 27.7 Å². The average Bonchev–Trinajstić information content (AvgIpc) is 2.49. The minimum Gasteiger partial charge on any atom is -0.503 e. The number of aromatic nitrogens is 1. The van der Waals surface area contributed by atoms with E-state index in [1.54, 1.807) is 11.8 Å². The van der Waals surface area contributed by atoms with Gasteiger partial charge >= 0.3 is 0 Å². The highest BCUT2D eigenvalue weighted by molar-refractivity contribution is 5.99. The van der Waals surface area contributed by atoms with Crippen molar-refractivity contribution in [1.82, 2.24) is 9.47 Å². The molecule has 7 nitrogen and oxygen atoms in total. The molecule has 0 bridgehead atoms. The lowest BCUT2D eigenvalue weighted by atomic mass is 10.0. The van der Waals surface area contributed by atoms with Gasteiger partial charge in [-0.1, -0.05) is 6.92 Å². The van der Waals surface area contributed by atoms with E-state index < -0.39 is 23.3 Å². The summed E-state index contributed by atoms with van der Waals surface area (Å²) in [5.74, 6) is -1.45. The second-order valence-corrected chi connectivity index (χ2v) is 5.67. The number of ketones is 1. The van der Waals surface area contributed by atoms with Crippen LogP contribution in [-0.4, -0.2) is 45.1 Å². The van der Waals surface area contributed by atoms with Gasteiger partial charge in [-0.05, 0) is 13.3 Å². The van der Waals surface area contributed by atoms with Gasteiger partial charge in [-0.25, -0.2) is 0 Å². The minimum absolute atomic E-state index is 0.0218. The van der Waals surface area contributed by atoms with Crippen molar-refractivity contribution in [2.75, 3.05) is 6.61 Å². The van der Waals surface area contributed by atoms with Crippen molar-refractivity contribution in [2.45, 2.75) is 45.5 Å². The number of amides is 1. The first-order valence-corrected chi connectivity index (χ1v) is 7.39. The van der Waals surface area contributed by atoms with Crippen molar-refractivity contribution >= 4 is 11.7 Å². The highest BCUT2D eigenvalue weighted by Gasteiger charge is 2.40. The van der Waals surface area contributed by atoms with Crippen LogP contribution in [0.1, 0.15) is 47.5 Å². The van der Waals surface area contributed by atoms with Gasteiger partial charge < -0.3 is 19.3 Å². The number of carbonyl (C=O) groups excluding carboxylic acids is 2. The number of pyridine rings is 1. The number of rotatable bonds is 2. The molecule has 1 saturated heterocycles. The lowest BCUT2D eigenvalue weighted by Crippen LogP contribution is -2.57. The molecule has 7 heteroatoms. The molecular formula is C15H18N2O5. The van der Waals surface area contributed by atoms with Crippen molar-refractivity contribution in [1.29, 1.82) is 0 Å². The zero-order chi connectivity index (χ0) is 16.0. The summed E-state index contributed by atoms with van der Waals surface area (Å²) in [6, 6.07) is -0.0218. The van der Waals surface area contributed by atoms with Crippen LogP contribution in [0.25, 0.3) is 0 Å². The van der Waals surface area contributed by atoms with E-state index in [2.05, 4.69) is 0 Å². The minimum atomic E-state index is -0.782. The molecule has 22 heavy (non-hydrogen) atoms. The van der Waals surface area contributed by atoms with E-state index in [0.717, 1.165) is 0 Å². The molecule has 0 radical (unpaired) electrons. The molecule has 118 valence electrons. The molecule has 1 aromatic heterocycles. The van der Waals surface area contributed by atoms with Gasteiger partial charge in [0.15, 0.2) is 23.5 Å². The van der Waals surface area contributed by atoms with Crippen molar-refractivity contribution in [2.24, 2.45) is 0 Å². The summed E-state index contributed by atoms with van der Waals surface area (Å²) in [6.45, 7) is 4.40. The van der Waals surface area contributed by atoms with Crippen molar-refractivity contribution in [3.8, 4) is 5.75 Å². The van der Waals surface area contributed by atoms with Crippen LogP contribution in [-0.2, 0) is 11.3 Å². The van der Waals surface area contributed by atoms with Crippen LogP contribution in [0.15, 0.2) is 11.0 Å². The fraction of sp³-hybridized carbons (Fsp3) is 0.533. The Bertz CT molecular complexity index is 709. The third kappa shape index (κ3) is 2.04. The molecule has 1 fully saturated rings. The SMILES string of the molecule is CCC(=O)c1cn2c(c(O)c1=O)C(=O)N1[C@H](C)CCO[C@H]1C2. The fourth-order valence-corrected chi connectivity index (χ4v) is 3.05. The Kier molecular flexibility index (Phi) is 3.52. The molecule has 2 atom stereocenters. The van der Waals surface area contributed by atoms with E-state index in [1.165, 1.54) is 10.8 Å². The third-order valence-corrected chi connectivity index (χ3v) is 4.30. The summed E-state index contributed by atoms with van der Waals surface area (Å²) >= 11 is 0. The molecule has 1 N–H and O–H groups in total. The molecule has 0 aliphatic carbocycles. The predicted octanol–water partition coefficient (Wildman–Crippen LogP) is 0.737. The van der Waals surface area contributed by atoms with Gasteiger partial charge in [0.05, 0.1) is 18.7 Å². The van der Waals surface area contributed by atoms with Crippen molar-refractivity contribution < 1.29 is 19.4 Å². The lowest BCUT2D eigenvalue weighted by molar-refractivity contribution is -0.112. The van der Waals surface area contributed by atoms with E-state index >= 15 is 0 Å². The normalized spacial score (nSPS) is 23.9. The monoisotopic (exact) mass is 306 g/mol. The molecule has 3 heterocycles. The predicted molar refractivity (Wildman–Crippen MR) is 77.0 cm³/mol. The summed E-state index contributed by atoms with van der Waals surface area (Å²) in [5.41, 5.74) is -0.935. The largest absolute Gasteiger partial charge is 0.503 e. The van der Waals surface area contributed by atoms with Crippen LogP contribution < -0.4 is 5.43 Å². The van der Waals surface area contributed by atoms with Crippen LogP contribution >= 0.6 is 0 Å². The zero-order valence-electron chi connectivity index (χ0n) is 12.5. The van der Waals surface area contributed by atoms with Gasteiger partial charge in [0.25, 0.3) is 5.91 Å². The Hall–Kier alpha value is -2.15. The van der Waals surface area contributed by atoms with E-state index in [0.29, 0.717) is 19.6 Å². The maximum Gasteiger partial charge on any atom is 0.276 e. The molecular weight excluding hydrogens is 288 g/mol. The van der Waals surface area contributed by atoms with Crippen LogP contribution in [0.2, 0.25) is 0 Å². The quantitative estimate of drug-likeness (QED) is 0.814. The summed E-state index contributed by atoms with van der Waals surface area (Å²) in [7, 11) is 0. The molecule has 3 rings (SSSR count). The number of nitrogens with zero attached hydrogens (tertiary/aromatic N) is 2. The van der Waals surface area contributed by atoms with E-state index in [-0.39, 0.29) is 29.5 Å². The average molecular weight is 306 g/mol. The second kappa shape index (κ2) is 5.24. The maximum atomic E-state index is 12.6. The van der Waals surface area contributed by atoms with Gasteiger partial charge in [-0.15, -0.1) is 0 Å². The molecule has 0 saturated carbocycles. The number of ether oxygens (including phenoxy) is 1. The van der Waals surface area contributed by atoms with Gasteiger partial charge in [0, 0.05) is 18.7 Å². The summed E-state index contributed by atoms with van der Waals surface area (Å²) in [5, 5.41) is 10.1. The maximum absolute atomic E-state index is 12.6. The van der Waals surface area contributed by atoms with Crippen LogP contribution in [0.4, 0.5) is 0 Å². The molecule has 1 amide bonds. The van der Waals surface area contributed by atoms with Crippen LogP contribution in [0.3, 0.4) is 0 Å². The number of carbonyl (C=O) groups is 2. The van der Waals surface area contributed by atoms with Crippen LogP contribution in [0.5, 0.6) is 5.75 Å². The highest BCUT2D eigenvalue weighted by Crippen LogP contribution is 2.29. The number of fused-ring (bicyclic) bond motifs is 2. The fourth-order valence-electron chi connectivity index (χ4n) is 3.05. The lowest BCUT2D eigenvalue weighted by Gasteiger charge is -2.44. The Morgan fingerprint density at radius 2 is 2.18 bits per heavy atom. The first-order chi connectivity index (χ1) is 10.5. The topological polar surface area (TPSA) is 88.8 Å². The smallest absolute Gasteiger partial charge is 0.276 e. The molecule has 0 aromatic carbocycles. The van der Waals surface area contributed by atoms with Gasteiger partial charge in [0.2, 0.25) is 5.43 Å². The summed E-state index contributed by atoms with van der Waals surface area (Å²) < 4.78 is 7.08. The zero-order valence-corrected chi connectivity index (χ0v) is 12.5. The van der Waals surface area contributed by atoms with E-state index in [9.17, 15) is 19.5 Å². The second-order valence-electron chi connectivity index (χ2n) is 5.67. The standard InChI is InChI=1S/C15H18N2O5/c1-3-10(18)9-6-16-7-11-17(8(2)4-5-22-11)15(21)12(16)14(20)13(9)19/h6,8,11,20H,3-5,7H2,1-2H3/t8-,11+/m1/s1. The number of hydrogen-bond donors (Lipinski definition) is 1. The number of aromatic hydroxyl groups is 1. The molecule has 2 aliphatic heterocycles. The van der Waals surface area contributed by atoms with E-state index in [4.69, 9.17) is 4.74 Å². The highest BCUT2D eigenvalue weighted by atomic mass is 16.5. The molecule has 0 unspecified atom stereocenters. The first kappa shape index (κ1) is 14.8. The Morgan fingerprint density at radius 1 is 1.45 bits per heavy atom. The number of Topliss-reactive ketones (excluding diaryl/α,β-unsaturated/α-hetero) is 1. The van der Waals surface area contributed by atoms with Gasteiger partial charge in [-0.2, -0.15) is 0 Å². The van der Waals surface area contributed by atoms with E-state index in [1.807, 2.05) is 6.92 Å². The third-order valence-electron chi connectivity index (χ3n) is 4.30. The number of hydrogen-bond acceptors (Lipinski definition) is 5. The molecule has 2 aliphatic rings. The first-order valence-electron chi connectivity index (χ1n) is 7.39. The Labute approximate surface area is 127 Å².